The largest absolute Gasteiger partial charge is 0.378 e. The summed E-state index contributed by atoms with van der Waals surface area (Å²) in [5, 5.41) is 4.53. The lowest BCUT2D eigenvalue weighted by Gasteiger charge is -2.15. The summed E-state index contributed by atoms with van der Waals surface area (Å²) >= 11 is 0. The molecular weight excluding hydrogens is 444 g/mol. The van der Waals surface area contributed by atoms with Crippen LogP contribution in [-0.4, -0.2) is 29.8 Å². The Morgan fingerprint density at radius 1 is 0.806 bits per heavy atom. The van der Waals surface area contributed by atoms with Crippen molar-refractivity contribution in [3.8, 4) is 0 Å². The molecule has 0 saturated heterocycles. The van der Waals surface area contributed by atoms with E-state index in [0.717, 1.165) is 39.9 Å². The zero-order valence-electron chi connectivity index (χ0n) is 20.5. The van der Waals surface area contributed by atoms with Crippen molar-refractivity contribution in [2.75, 3.05) is 24.3 Å². The number of anilines is 3. The molecule has 0 fully saturated rings. The van der Waals surface area contributed by atoms with Crippen LogP contribution in [0.2, 0.25) is 0 Å². The summed E-state index contributed by atoms with van der Waals surface area (Å²) in [4.78, 5) is 23.8. The second kappa shape index (κ2) is 10.4. The highest BCUT2D eigenvalue weighted by Crippen LogP contribution is 2.29. The number of hydrogen-bond acceptors (Lipinski definition) is 5. The molecule has 2 heterocycles. The van der Waals surface area contributed by atoms with E-state index in [9.17, 15) is 4.79 Å². The van der Waals surface area contributed by atoms with E-state index < -0.39 is 0 Å². The van der Waals surface area contributed by atoms with Crippen molar-refractivity contribution in [2.45, 2.75) is 12.8 Å². The normalized spacial score (nSPS) is 10.8. The van der Waals surface area contributed by atoms with Crippen LogP contribution in [-0.2, 0) is 12.8 Å². The molecule has 0 spiro atoms. The zero-order chi connectivity index (χ0) is 24.9. The summed E-state index contributed by atoms with van der Waals surface area (Å²) in [5.41, 5.74) is 7.94. The fourth-order valence-electron chi connectivity index (χ4n) is 4.32. The quantitative estimate of drug-likeness (QED) is 0.263. The highest BCUT2D eigenvalue weighted by atomic mass is 16.1. The van der Waals surface area contributed by atoms with Gasteiger partial charge in [0.05, 0.1) is 5.52 Å². The number of hydrogen-bond donors (Lipinski definition) is 1. The van der Waals surface area contributed by atoms with Crippen molar-refractivity contribution in [2.24, 2.45) is 0 Å². The number of nitrogens with one attached hydrogen (secondary N) is 1. The standard InChI is InChI=1S/C31H28N4O/c1-35(2)27-9-10-29-28(21-27)30(13-16-33-29)34-26-8-4-7-25(20-26)31(36)19-24-6-3-5-23(18-24)17-22-11-14-32-15-12-22/h3-16,18,20-21H,17,19H2,1-2H3,(H,33,34). The van der Waals surface area contributed by atoms with E-state index in [-0.39, 0.29) is 5.78 Å². The SMILES string of the molecule is CN(C)c1ccc2nccc(Nc3cccc(C(=O)Cc4cccc(Cc5ccncc5)c4)c3)c2c1. The second-order valence-electron chi connectivity index (χ2n) is 9.11. The molecule has 0 saturated carbocycles. The van der Waals surface area contributed by atoms with Crippen LogP contribution in [0.4, 0.5) is 17.1 Å². The molecule has 2 aromatic heterocycles. The van der Waals surface area contributed by atoms with E-state index in [1.54, 1.807) is 18.6 Å². The average molecular weight is 473 g/mol. The highest BCUT2D eigenvalue weighted by molar-refractivity contribution is 5.99. The van der Waals surface area contributed by atoms with Crippen molar-refractivity contribution in [1.82, 2.24) is 9.97 Å². The van der Waals surface area contributed by atoms with Gasteiger partial charge in [-0.2, -0.15) is 0 Å². The molecule has 3 aromatic carbocycles. The number of fused-ring (bicyclic) bond motifs is 1. The minimum absolute atomic E-state index is 0.0918. The molecule has 0 amide bonds. The number of nitrogens with zero attached hydrogens (tertiary/aromatic N) is 3. The van der Waals surface area contributed by atoms with Crippen molar-refractivity contribution in [3.63, 3.8) is 0 Å². The number of benzene rings is 3. The monoisotopic (exact) mass is 472 g/mol. The summed E-state index contributed by atoms with van der Waals surface area (Å²) < 4.78 is 0. The van der Waals surface area contributed by atoms with Crippen molar-refractivity contribution >= 4 is 33.7 Å². The molecule has 0 aliphatic heterocycles. The van der Waals surface area contributed by atoms with E-state index in [0.29, 0.717) is 12.0 Å². The van der Waals surface area contributed by atoms with Crippen LogP contribution in [0.25, 0.3) is 10.9 Å². The molecule has 1 N–H and O–H groups in total. The van der Waals surface area contributed by atoms with Gasteiger partial charge in [0.1, 0.15) is 0 Å². The van der Waals surface area contributed by atoms with Crippen molar-refractivity contribution < 1.29 is 4.79 Å². The van der Waals surface area contributed by atoms with Crippen LogP contribution < -0.4 is 10.2 Å². The number of pyridine rings is 2. The summed E-state index contributed by atoms with van der Waals surface area (Å²) in [7, 11) is 4.04. The van der Waals surface area contributed by atoms with Gasteiger partial charge in [-0.25, -0.2) is 0 Å². The van der Waals surface area contributed by atoms with Gasteiger partial charge in [-0.3, -0.25) is 14.8 Å². The van der Waals surface area contributed by atoms with Gasteiger partial charge in [-0.1, -0.05) is 36.4 Å². The minimum atomic E-state index is 0.0918. The van der Waals surface area contributed by atoms with Gasteiger partial charge in [-0.05, 0) is 71.6 Å². The maximum Gasteiger partial charge on any atom is 0.167 e. The molecule has 5 nitrogen and oxygen atoms in total. The molecule has 178 valence electrons. The summed E-state index contributed by atoms with van der Waals surface area (Å²) in [6.45, 7) is 0. The van der Waals surface area contributed by atoms with Crippen molar-refractivity contribution in [3.05, 3.63) is 126 Å². The van der Waals surface area contributed by atoms with Crippen LogP contribution in [0.5, 0.6) is 0 Å². The molecule has 0 radical (unpaired) electrons. The van der Waals surface area contributed by atoms with Gasteiger partial charge >= 0.3 is 0 Å². The zero-order valence-corrected chi connectivity index (χ0v) is 20.5. The summed E-state index contributed by atoms with van der Waals surface area (Å²) in [6, 6.07) is 28.2. The molecule has 0 unspecified atom stereocenters. The molecule has 0 aliphatic carbocycles. The fourth-order valence-corrected chi connectivity index (χ4v) is 4.32. The molecule has 5 rings (SSSR count). The molecular formula is C31H28N4O. The maximum absolute atomic E-state index is 13.2. The first kappa shape index (κ1) is 23.2. The first-order chi connectivity index (χ1) is 17.5. The minimum Gasteiger partial charge on any atom is -0.378 e. The van der Waals surface area contributed by atoms with Crippen LogP contribution in [0.15, 0.2) is 104 Å². The van der Waals surface area contributed by atoms with Gasteiger partial charge in [0.2, 0.25) is 0 Å². The number of ketones is 1. The predicted octanol–water partition coefficient (Wildman–Crippen LogP) is 6.46. The first-order valence-corrected chi connectivity index (χ1v) is 12.0. The molecule has 36 heavy (non-hydrogen) atoms. The molecule has 0 aliphatic rings. The number of rotatable bonds is 8. The first-order valence-electron chi connectivity index (χ1n) is 12.0. The van der Waals surface area contributed by atoms with E-state index in [4.69, 9.17) is 0 Å². The maximum atomic E-state index is 13.2. The van der Waals surface area contributed by atoms with Gasteiger partial charge in [-0.15, -0.1) is 0 Å². The Morgan fingerprint density at radius 3 is 2.44 bits per heavy atom. The predicted molar refractivity (Wildman–Crippen MR) is 147 cm³/mol. The number of Topliss-reactive ketones (excluding diaryl/α,β-unsaturated/α-hetero) is 1. The summed E-state index contributed by atoms with van der Waals surface area (Å²) in [5.74, 6) is 0.0918. The van der Waals surface area contributed by atoms with Crippen LogP contribution >= 0.6 is 0 Å². The molecule has 5 aromatic rings. The molecule has 0 bridgehead atoms. The Balaban J connectivity index is 1.33. The Morgan fingerprint density at radius 2 is 1.61 bits per heavy atom. The van der Waals surface area contributed by atoms with Crippen LogP contribution in [0.3, 0.4) is 0 Å². The lowest BCUT2D eigenvalue weighted by atomic mass is 9.98. The number of aromatic nitrogens is 2. The third-order valence-electron chi connectivity index (χ3n) is 6.22. The number of carbonyl (C=O) groups is 1. The Bertz CT molecular complexity index is 1510. The third-order valence-corrected chi connectivity index (χ3v) is 6.22. The summed E-state index contributed by atoms with van der Waals surface area (Å²) in [6.07, 6.45) is 6.59. The Kier molecular flexibility index (Phi) is 6.72. The van der Waals surface area contributed by atoms with Gasteiger partial charge in [0.15, 0.2) is 5.78 Å². The van der Waals surface area contributed by atoms with E-state index in [2.05, 4.69) is 44.5 Å². The average Bonchev–Trinajstić information content (AvgIpc) is 2.89. The van der Waals surface area contributed by atoms with Crippen LogP contribution in [0.1, 0.15) is 27.0 Å². The van der Waals surface area contributed by atoms with Crippen LogP contribution in [0, 0.1) is 0 Å². The molecule has 5 heteroatoms. The Labute approximate surface area is 211 Å². The van der Waals surface area contributed by atoms with E-state index >= 15 is 0 Å². The van der Waals surface area contributed by atoms with E-state index in [1.165, 1.54) is 11.1 Å². The fraction of sp³-hybridized carbons (Fsp3) is 0.129. The van der Waals surface area contributed by atoms with Gasteiger partial charge < -0.3 is 10.2 Å². The Hall–Kier alpha value is -4.51. The number of carbonyl (C=O) groups excluding carboxylic acids is 1. The smallest absolute Gasteiger partial charge is 0.167 e. The lowest BCUT2D eigenvalue weighted by molar-refractivity contribution is 0.0993. The topological polar surface area (TPSA) is 58.1 Å². The highest BCUT2D eigenvalue weighted by Gasteiger charge is 2.10. The van der Waals surface area contributed by atoms with Gasteiger partial charge in [0.25, 0.3) is 0 Å². The third kappa shape index (κ3) is 5.41. The van der Waals surface area contributed by atoms with E-state index in [1.807, 2.05) is 74.8 Å². The van der Waals surface area contributed by atoms with Gasteiger partial charge in [0, 0.05) is 67.1 Å². The molecule has 0 atom stereocenters. The lowest BCUT2D eigenvalue weighted by Crippen LogP contribution is -2.08. The second-order valence-corrected chi connectivity index (χ2v) is 9.11. The van der Waals surface area contributed by atoms with Crippen molar-refractivity contribution in [1.29, 1.82) is 0 Å².